The fourth-order valence-corrected chi connectivity index (χ4v) is 9.88. The van der Waals surface area contributed by atoms with Gasteiger partial charge in [-0.3, -0.25) is 0 Å². The van der Waals surface area contributed by atoms with E-state index in [4.69, 9.17) is 13.9 Å². The molecule has 0 amide bonds. The minimum absolute atomic E-state index is 0.0185. The number of para-hydroxylation sites is 2. The SMILES string of the molecule is C1=CC2OC3=C(C=C[C@H](N(c4ccc5c(c4)C4(c6ccccc6O5)c5ccccc5-c5ccccc54)c4cccc5oc6ccccc6c45)C3)C2C=C1. The summed E-state index contributed by atoms with van der Waals surface area (Å²) in [5.41, 5.74) is 12.0. The number of furan rings is 1. The number of hydrogen-bond acceptors (Lipinski definition) is 4. The Hall–Kier alpha value is -6.52. The number of allylic oxidation sites excluding steroid dienone is 3. The van der Waals surface area contributed by atoms with Crippen LogP contribution in [0.3, 0.4) is 0 Å². The van der Waals surface area contributed by atoms with Gasteiger partial charge in [0.15, 0.2) is 0 Å². The molecule has 53 heavy (non-hydrogen) atoms. The molecule has 3 aliphatic carbocycles. The van der Waals surface area contributed by atoms with Gasteiger partial charge in [0.2, 0.25) is 0 Å². The number of nitrogens with zero attached hydrogens (tertiary/aromatic N) is 1. The van der Waals surface area contributed by atoms with Crippen molar-refractivity contribution in [3.8, 4) is 22.6 Å². The maximum Gasteiger partial charge on any atom is 0.137 e. The van der Waals surface area contributed by atoms with Gasteiger partial charge in [0.05, 0.1) is 22.5 Å². The van der Waals surface area contributed by atoms with Crippen LogP contribution in [0.4, 0.5) is 11.4 Å². The summed E-state index contributed by atoms with van der Waals surface area (Å²) in [5.74, 6) is 3.09. The van der Waals surface area contributed by atoms with Crippen LogP contribution in [-0.2, 0) is 10.2 Å². The largest absolute Gasteiger partial charge is 0.489 e. The van der Waals surface area contributed by atoms with E-state index in [9.17, 15) is 0 Å². The second-order valence-electron chi connectivity index (χ2n) is 14.6. The topological polar surface area (TPSA) is 34.8 Å². The Labute approximate surface area is 307 Å². The van der Waals surface area contributed by atoms with Crippen LogP contribution >= 0.6 is 0 Å². The van der Waals surface area contributed by atoms with Crippen LogP contribution in [0.5, 0.6) is 11.5 Å². The Kier molecular flexibility index (Phi) is 5.90. The molecule has 6 aromatic carbocycles. The molecule has 5 aliphatic rings. The molecule has 3 atom stereocenters. The number of anilines is 2. The first-order chi connectivity index (χ1) is 26.3. The predicted octanol–water partition coefficient (Wildman–Crippen LogP) is 11.9. The summed E-state index contributed by atoms with van der Waals surface area (Å²) in [6.45, 7) is 0. The second kappa shape index (κ2) is 10.8. The highest BCUT2D eigenvalue weighted by Crippen LogP contribution is 2.62. The molecule has 1 aromatic heterocycles. The van der Waals surface area contributed by atoms with Crippen molar-refractivity contribution in [2.45, 2.75) is 24.0 Å². The molecular weight excluding hydrogens is 651 g/mol. The quantitative estimate of drug-likeness (QED) is 0.186. The first-order valence-corrected chi connectivity index (χ1v) is 18.5. The highest BCUT2D eigenvalue weighted by molar-refractivity contribution is 6.12. The molecule has 0 bridgehead atoms. The highest BCUT2D eigenvalue weighted by atomic mass is 16.5. The molecule has 0 saturated carbocycles. The third-order valence-corrected chi connectivity index (χ3v) is 12.0. The number of ether oxygens (including phenoxy) is 2. The van der Waals surface area contributed by atoms with Gasteiger partial charge in [0.25, 0.3) is 0 Å². The summed E-state index contributed by atoms with van der Waals surface area (Å²) in [4.78, 5) is 2.50. The highest BCUT2D eigenvalue weighted by Gasteiger charge is 2.51. The van der Waals surface area contributed by atoms with Crippen molar-refractivity contribution >= 4 is 33.3 Å². The van der Waals surface area contributed by atoms with E-state index in [1.54, 1.807) is 0 Å². The lowest BCUT2D eigenvalue weighted by molar-refractivity contribution is 0.156. The zero-order chi connectivity index (χ0) is 34.7. The third kappa shape index (κ3) is 3.90. The van der Waals surface area contributed by atoms with Gasteiger partial charge >= 0.3 is 0 Å². The van der Waals surface area contributed by atoms with E-state index >= 15 is 0 Å². The van der Waals surface area contributed by atoms with Crippen LogP contribution in [0.2, 0.25) is 0 Å². The average molecular weight is 684 g/mol. The van der Waals surface area contributed by atoms with E-state index in [1.165, 1.54) is 27.8 Å². The molecule has 7 aromatic rings. The van der Waals surface area contributed by atoms with Gasteiger partial charge in [-0.05, 0) is 70.8 Å². The maximum atomic E-state index is 6.82. The van der Waals surface area contributed by atoms with Gasteiger partial charge in [0.1, 0.15) is 34.5 Å². The monoisotopic (exact) mass is 683 g/mol. The van der Waals surface area contributed by atoms with Crippen molar-refractivity contribution in [3.63, 3.8) is 0 Å². The lowest BCUT2D eigenvalue weighted by Crippen LogP contribution is -2.34. The van der Waals surface area contributed by atoms with Gasteiger partial charge in [-0.25, -0.2) is 0 Å². The van der Waals surface area contributed by atoms with Gasteiger partial charge in [-0.2, -0.15) is 0 Å². The van der Waals surface area contributed by atoms with Crippen molar-refractivity contribution in [2.75, 3.05) is 4.90 Å². The third-order valence-electron chi connectivity index (χ3n) is 12.0. The summed E-state index contributed by atoms with van der Waals surface area (Å²) in [6, 6.07) is 47.9. The molecule has 0 N–H and O–H groups in total. The standard InChI is InChI=1S/C49H33NO3/c1-5-16-37-32(12-1)33-13-2-6-17-38(33)49(37)39-18-7-10-22-44(39)53-45-27-25-30(28-40(45)49)50(31-24-26-35-34-14-3-8-20-42(34)52-47(35)29-31)41-19-11-23-46-48(41)36-15-4-9-21-43(36)51-46/h1-28,31,34,42H,29H2/t31-,34?,42?/m0/s1. The van der Waals surface area contributed by atoms with Crippen molar-refractivity contribution in [1.29, 1.82) is 0 Å². The summed E-state index contributed by atoms with van der Waals surface area (Å²) in [5, 5.41) is 2.21. The smallest absolute Gasteiger partial charge is 0.137 e. The van der Waals surface area contributed by atoms with Crippen molar-refractivity contribution in [3.05, 3.63) is 204 Å². The Bertz CT molecular complexity index is 2770. The van der Waals surface area contributed by atoms with Crippen LogP contribution in [0.1, 0.15) is 28.7 Å². The van der Waals surface area contributed by atoms with Crippen molar-refractivity contribution < 1.29 is 13.9 Å². The van der Waals surface area contributed by atoms with Crippen LogP contribution in [-0.4, -0.2) is 12.1 Å². The molecule has 0 fully saturated rings. The van der Waals surface area contributed by atoms with Crippen LogP contribution in [0, 0.1) is 5.92 Å². The number of rotatable bonds is 3. The summed E-state index contributed by atoms with van der Waals surface area (Å²) < 4.78 is 20.0. The van der Waals surface area contributed by atoms with E-state index in [-0.39, 0.29) is 18.1 Å². The lowest BCUT2D eigenvalue weighted by Gasteiger charge is -2.41. The van der Waals surface area contributed by atoms with Crippen LogP contribution < -0.4 is 9.64 Å². The Balaban J connectivity index is 1.11. The van der Waals surface area contributed by atoms with Crippen molar-refractivity contribution in [1.82, 2.24) is 0 Å². The van der Waals surface area contributed by atoms with E-state index in [0.29, 0.717) is 0 Å². The molecule has 2 aliphatic heterocycles. The van der Waals surface area contributed by atoms with Crippen LogP contribution in [0.25, 0.3) is 33.1 Å². The Morgan fingerprint density at radius 1 is 0.604 bits per heavy atom. The molecule has 0 saturated heterocycles. The Morgan fingerprint density at radius 3 is 2.19 bits per heavy atom. The summed E-state index contributed by atoms with van der Waals surface area (Å²) in [6.07, 6.45) is 14.2. The summed E-state index contributed by atoms with van der Waals surface area (Å²) in [7, 11) is 0. The molecule has 2 unspecified atom stereocenters. The summed E-state index contributed by atoms with van der Waals surface area (Å²) >= 11 is 0. The van der Waals surface area contributed by atoms with Crippen molar-refractivity contribution in [2.24, 2.45) is 5.92 Å². The normalized spacial score (nSPS) is 20.7. The van der Waals surface area contributed by atoms with Crippen LogP contribution in [0.15, 0.2) is 186 Å². The zero-order valence-corrected chi connectivity index (χ0v) is 28.8. The van der Waals surface area contributed by atoms with Gasteiger partial charge in [-0.15, -0.1) is 0 Å². The number of benzene rings is 6. The molecule has 1 spiro atoms. The maximum absolute atomic E-state index is 6.82. The van der Waals surface area contributed by atoms with Gasteiger partial charge in [0, 0.05) is 40.1 Å². The second-order valence-corrected chi connectivity index (χ2v) is 14.6. The molecule has 0 radical (unpaired) electrons. The minimum atomic E-state index is -0.561. The number of fused-ring (bicyclic) bond motifs is 14. The molecule has 3 heterocycles. The van der Waals surface area contributed by atoms with Gasteiger partial charge < -0.3 is 18.8 Å². The first-order valence-electron chi connectivity index (χ1n) is 18.5. The fraction of sp³-hybridized carbons (Fsp3) is 0.102. The fourth-order valence-electron chi connectivity index (χ4n) is 9.88. The molecule has 4 nitrogen and oxygen atoms in total. The zero-order valence-electron chi connectivity index (χ0n) is 28.8. The molecule has 252 valence electrons. The van der Waals surface area contributed by atoms with E-state index in [0.717, 1.165) is 68.1 Å². The van der Waals surface area contributed by atoms with E-state index in [2.05, 4.69) is 169 Å². The number of hydrogen-bond donors (Lipinski definition) is 0. The molecule has 4 heteroatoms. The average Bonchev–Trinajstić information content (AvgIpc) is 3.87. The minimum Gasteiger partial charge on any atom is -0.489 e. The predicted molar refractivity (Wildman–Crippen MR) is 211 cm³/mol. The van der Waals surface area contributed by atoms with E-state index in [1.807, 2.05) is 6.07 Å². The van der Waals surface area contributed by atoms with Gasteiger partial charge in [-0.1, -0.05) is 121 Å². The first kappa shape index (κ1) is 29.1. The lowest BCUT2D eigenvalue weighted by atomic mass is 9.66. The molecule has 12 rings (SSSR count). The van der Waals surface area contributed by atoms with E-state index < -0.39 is 5.41 Å². The Morgan fingerprint density at radius 2 is 1.32 bits per heavy atom. The molecular formula is C49H33NO3.